The van der Waals surface area contributed by atoms with Gasteiger partial charge >= 0.3 is 0 Å². The molecule has 7 aromatic carbocycles. The van der Waals surface area contributed by atoms with Gasteiger partial charge in [0.1, 0.15) is 7.85 Å². The molecule has 0 spiro atoms. The topological polar surface area (TPSA) is 9.72 Å². The summed E-state index contributed by atoms with van der Waals surface area (Å²) in [4.78, 5) is 7.11. The van der Waals surface area contributed by atoms with E-state index in [-0.39, 0.29) is 0 Å². The van der Waals surface area contributed by atoms with Gasteiger partial charge in [-0.05, 0) is 171 Å². The van der Waals surface area contributed by atoms with Crippen molar-refractivity contribution in [2.45, 2.75) is 85.5 Å². The van der Waals surface area contributed by atoms with Crippen LogP contribution >= 0.6 is 0 Å². The van der Waals surface area contributed by atoms with Crippen molar-refractivity contribution in [3.05, 3.63) is 192 Å². The molecule has 59 heavy (non-hydrogen) atoms. The third kappa shape index (κ3) is 10.4. The van der Waals surface area contributed by atoms with Crippen LogP contribution < -0.4 is 20.2 Å². The van der Waals surface area contributed by atoms with Gasteiger partial charge in [0.15, 0.2) is 0 Å². The predicted octanol–water partition coefficient (Wildman–Crippen LogP) is 14.7. The average Bonchev–Trinajstić information content (AvgIpc) is 3.28. The highest BCUT2D eigenvalue weighted by Crippen LogP contribution is 2.41. The van der Waals surface area contributed by atoms with E-state index in [1.54, 1.807) is 0 Å². The van der Waals surface area contributed by atoms with E-state index in [1.165, 1.54) is 77.6 Å². The van der Waals surface area contributed by atoms with Gasteiger partial charge in [-0.2, -0.15) is 0 Å². The largest absolute Gasteiger partial charge is 0.311 e. The fourth-order valence-corrected chi connectivity index (χ4v) is 7.81. The molecule has 0 aromatic heterocycles. The van der Waals surface area contributed by atoms with Gasteiger partial charge in [-0.15, -0.1) is 0 Å². The lowest BCUT2D eigenvalue weighted by molar-refractivity contribution is 0.795. The summed E-state index contributed by atoms with van der Waals surface area (Å²) in [6, 6.07) is 63.2. The third-order valence-corrected chi connectivity index (χ3v) is 11.4. The first-order chi connectivity index (χ1) is 28.9. The Balaban J connectivity index is 1.24. The number of rotatable bonds is 18. The van der Waals surface area contributed by atoms with Gasteiger partial charge in [0.2, 0.25) is 0 Å². The zero-order valence-electron chi connectivity index (χ0n) is 35.9. The number of benzene rings is 7. The summed E-state index contributed by atoms with van der Waals surface area (Å²) in [5.41, 5.74) is 16.9. The highest BCUT2D eigenvalue weighted by molar-refractivity contribution is 6.32. The molecule has 0 aliphatic carbocycles. The van der Waals surface area contributed by atoms with Crippen LogP contribution in [0.3, 0.4) is 0 Å². The lowest BCUT2D eigenvalue weighted by atomic mass is 9.96. The molecule has 0 saturated heterocycles. The summed E-state index contributed by atoms with van der Waals surface area (Å²) in [6.07, 6.45) is 10.6. The number of hydrogen-bond acceptors (Lipinski definition) is 3. The minimum Gasteiger partial charge on any atom is -0.311 e. The Bertz CT molecular complexity index is 2260. The molecule has 0 unspecified atom stereocenters. The third-order valence-electron chi connectivity index (χ3n) is 11.4. The van der Waals surface area contributed by atoms with E-state index < -0.39 is 0 Å². The molecule has 7 rings (SSSR count). The molecule has 0 saturated carbocycles. The van der Waals surface area contributed by atoms with E-state index in [4.69, 9.17) is 0 Å². The summed E-state index contributed by atoms with van der Waals surface area (Å²) in [6.45, 7) is 8.92. The van der Waals surface area contributed by atoms with Crippen LogP contribution in [0.4, 0.5) is 51.2 Å². The smallest absolute Gasteiger partial charge is 0.139 e. The lowest BCUT2D eigenvalue weighted by Crippen LogP contribution is -2.14. The number of hydrogen-bond donors (Lipinski definition) is 0. The van der Waals surface area contributed by atoms with Crippen LogP contribution in [0.1, 0.15) is 81.5 Å². The van der Waals surface area contributed by atoms with Gasteiger partial charge in [0, 0.05) is 51.2 Å². The second-order valence-electron chi connectivity index (χ2n) is 16.0. The Kier molecular flexibility index (Phi) is 14.0. The van der Waals surface area contributed by atoms with E-state index in [0.717, 1.165) is 59.1 Å². The monoisotopic (exact) mass is 773 g/mol. The van der Waals surface area contributed by atoms with Crippen molar-refractivity contribution in [2.75, 3.05) is 14.7 Å². The predicted molar refractivity (Wildman–Crippen MR) is 259 cm³/mol. The van der Waals surface area contributed by atoms with Gasteiger partial charge < -0.3 is 14.7 Å². The molecule has 0 aliphatic rings. The van der Waals surface area contributed by atoms with Crippen LogP contribution in [0.15, 0.2) is 170 Å². The highest BCUT2D eigenvalue weighted by Gasteiger charge is 2.18. The Morgan fingerprint density at radius 1 is 0.305 bits per heavy atom. The van der Waals surface area contributed by atoms with Crippen LogP contribution in [0.25, 0.3) is 0 Å². The fraction of sp³-hybridized carbons (Fsp3) is 0.236. The zero-order valence-corrected chi connectivity index (χ0v) is 35.9. The summed E-state index contributed by atoms with van der Waals surface area (Å²) in [5.74, 6) is 0. The van der Waals surface area contributed by atoms with Crippen molar-refractivity contribution in [3.63, 3.8) is 0 Å². The Labute approximate surface area is 355 Å². The van der Waals surface area contributed by atoms with Crippen molar-refractivity contribution in [2.24, 2.45) is 0 Å². The number of unbranched alkanes of at least 4 members (excludes halogenated alkanes) is 3. The van der Waals surface area contributed by atoms with Crippen LogP contribution in [-0.4, -0.2) is 7.85 Å². The number of anilines is 9. The first kappa shape index (κ1) is 41.2. The van der Waals surface area contributed by atoms with Gasteiger partial charge in [-0.1, -0.05) is 112 Å². The molecule has 0 heterocycles. The molecule has 298 valence electrons. The van der Waals surface area contributed by atoms with Crippen molar-refractivity contribution in [3.8, 4) is 0 Å². The SMILES string of the molecule is Bc1ccc(N(c2ccc(N(c3ccc(C)cc3)c3ccc(CCCC)cc3)cc2)c2ccc(N(c3ccc(CCCC)cc3)c3ccc(CCCC)cc3)cc2)cc1. The number of aryl methyl sites for hydroxylation is 4. The Hall–Kier alpha value is -6.00. The van der Waals surface area contributed by atoms with Gasteiger partial charge in [-0.25, -0.2) is 0 Å². The van der Waals surface area contributed by atoms with Gasteiger partial charge in [0.05, 0.1) is 0 Å². The summed E-state index contributed by atoms with van der Waals surface area (Å²) in [5, 5.41) is 0. The molecule has 0 amide bonds. The Morgan fingerprint density at radius 3 is 0.746 bits per heavy atom. The van der Waals surface area contributed by atoms with E-state index in [0.29, 0.717) is 0 Å². The summed E-state index contributed by atoms with van der Waals surface area (Å²) < 4.78 is 0. The molecule has 3 nitrogen and oxygen atoms in total. The fourth-order valence-electron chi connectivity index (χ4n) is 7.81. The van der Waals surface area contributed by atoms with Gasteiger partial charge in [0.25, 0.3) is 0 Å². The molecule has 7 aromatic rings. The first-order valence-corrected chi connectivity index (χ1v) is 21.9. The van der Waals surface area contributed by atoms with Crippen molar-refractivity contribution < 1.29 is 0 Å². The molecule has 0 atom stereocenters. The molecular formula is C55H60BN3. The van der Waals surface area contributed by atoms with Crippen LogP contribution in [0.5, 0.6) is 0 Å². The van der Waals surface area contributed by atoms with Crippen molar-refractivity contribution >= 4 is 64.5 Å². The minimum atomic E-state index is 1.10. The van der Waals surface area contributed by atoms with Crippen molar-refractivity contribution in [1.29, 1.82) is 0 Å². The minimum absolute atomic E-state index is 1.10. The highest BCUT2D eigenvalue weighted by atomic mass is 15.2. The standard InChI is InChI=1S/C55H60BN3/c1-5-8-11-43-16-26-48(27-17-43)57(47-24-14-42(4)15-25-47)52-34-38-54(39-35-52)59(51-32-22-46(56)23-33-51)55-40-36-53(37-41-55)58(49-28-18-44(19-29-49)12-9-6-2)50-30-20-45(21-31-50)13-10-7-3/h14-41H,5-13,56H2,1-4H3. The summed E-state index contributed by atoms with van der Waals surface area (Å²) >= 11 is 0. The summed E-state index contributed by atoms with van der Waals surface area (Å²) in [7, 11) is 2.15. The zero-order chi connectivity index (χ0) is 41.0. The molecule has 0 aliphatic heterocycles. The maximum Gasteiger partial charge on any atom is 0.139 e. The second kappa shape index (κ2) is 20.1. The number of nitrogens with zero attached hydrogens (tertiary/aromatic N) is 3. The maximum absolute atomic E-state index is 2.39. The Morgan fingerprint density at radius 2 is 0.508 bits per heavy atom. The van der Waals surface area contributed by atoms with Crippen LogP contribution in [0.2, 0.25) is 0 Å². The molecule has 0 radical (unpaired) electrons. The quantitative estimate of drug-likeness (QED) is 0.0804. The maximum atomic E-state index is 2.39. The van der Waals surface area contributed by atoms with E-state index in [1.807, 2.05) is 0 Å². The molecule has 0 bridgehead atoms. The lowest BCUT2D eigenvalue weighted by Gasteiger charge is -2.29. The first-order valence-electron chi connectivity index (χ1n) is 21.9. The van der Waals surface area contributed by atoms with E-state index in [9.17, 15) is 0 Å². The van der Waals surface area contributed by atoms with Crippen molar-refractivity contribution in [1.82, 2.24) is 0 Å². The van der Waals surface area contributed by atoms with E-state index in [2.05, 4.69) is 220 Å². The molecule has 0 fully saturated rings. The normalized spacial score (nSPS) is 11.1. The molecule has 0 N–H and O–H groups in total. The second-order valence-corrected chi connectivity index (χ2v) is 16.0. The van der Waals surface area contributed by atoms with Crippen LogP contribution in [-0.2, 0) is 19.3 Å². The average molecular weight is 774 g/mol. The molecule has 4 heteroatoms. The van der Waals surface area contributed by atoms with Crippen LogP contribution in [0, 0.1) is 6.92 Å². The van der Waals surface area contributed by atoms with Gasteiger partial charge in [-0.3, -0.25) is 0 Å². The van der Waals surface area contributed by atoms with E-state index >= 15 is 0 Å². The molecular weight excluding hydrogens is 713 g/mol.